The van der Waals surface area contributed by atoms with Gasteiger partial charge in [-0.1, -0.05) is 11.6 Å². The van der Waals surface area contributed by atoms with Crippen molar-refractivity contribution >= 4 is 28.5 Å². The first-order valence-corrected chi connectivity index (χ1v) is 6.90. The molecule has 0 radical (unpaired) electrons. The summed E-state index contributed by atoms with van der Waals surface area (Å²) < 4.78 is 11.0. The third-order valence-corrected chi connectivity index (χ3v) is 2.96. The zero-order valence-corrected chi connectivity index (χ0v) is 12.5. The second-order valence-corrected chi connectivity index (χ2v) is 4.54. The number of hydrogen-bond acceptors (Lipinski definition) is 5. The first-order chi connectivity index (χ1) is 10.0. The maximum Gasteiger partial charge on any atom is 0.311 e. The molecule has 0 spiro atoms. The minimum atomic E-state index is -1.01. The van der Waals surface area contributed by atoms with Crippen LogP contribution in [0.3, 0.4) is 0 Å². The van der Waals surface area contributed by atoms with E-state index in [4.69, 9.17) is 26.2 Å². The van der Waals surface area contributed by atoms with Gasteiger partial charge in [0.2, 0.25) is 0 Å². The first-order valence-electron chi connectivity index (χ1n) is 6.52. The summed E-state index contributed by atoms with van der Waals surface area (Å²) in [6.45, 7) is 4.70. The van der Waals surface area contributed by atoms with Crippen LogP contribution in [0.5, 0.6) is 11.5 Å². The minimum Gasteiger partial charge on any atom is -0.490 e. The van der Waals surface area contributed by atoms with Gasteiger partial charge in [0.15, 0.2) is 11.5 Å². The van der Waals surface area contributed by atoms with Crippen molar-refractivity contribution in [3.05, 3.63) is 23.1 Å². The quantitative estimate of drug-likeness (QED) is 0.826. The summed E-state index contributed by atoms with van der Waals surface area (Å²) in [4.78, 5) is 19.0. The lowest BCUT2D eigenvalue weighted by Crippen LogP contribution is -2.06. The number of rotatable bonds is 6. The predicted octanol–water partition coefficient (Wildman–Crippen LogP) is 2.71. The van der Waals surface area contributed by atoms with Gasteiger partial charge in [0, 0.05) is 11.5 Å². The van der Waals surface area contributed by atoms with E-state index in [1.165, 1.54) is 0 Å². The van der Waals surface area contributed by atoms with E-state index in [2.05, 4.69) is 9.97 Å². The van der Waals surface area contributed by atoms with Crippen molar-refractivity contribution in [2.75, 3.05) is 13.2 Å². The number of hydrogen-bond donors (Lipinski definition) is 1. The van der Waals surface area contributed by atoms with Crippen molar-refractivity contribution in [2.45, 2.75) is 20.3 Å². The van der Waals surface area contributed by atoms with Crippen molar-refractivity contribution in [3.63, 3.8) is 0 Å². The number of ether oxygens (including phenoxy) is 2. The van der Waals surface area contributed by atoms with Gasteiger partial charge in [-0.2, -0.15) is 0 Å². The van der Waals surface area contributed by atoms with Crippen molar-refractivity contribution < 1.29 is 19.4 Å². The van der Waals surface area contributed by atoms with E-state index in [1.807, 2.05) is 13.8 Å². The van der Waals surface area contributed by atoms with Crippen LogP contribution in [0.25, 0.3) is 10.9 Å². The Kier molecular flexibility index (Phi) is 4.80. The predicted molar refractivity (Wildman–Crippen MR) is 78.2 cm³/mol. The SMILES string of the molecule is CCOc1cc2nc(CC(=O)O)nc(Cl)c2cc1OCC. The van der Waals surface area contributed by atoms with Gasteiger partial charge in [-0.25, -0.2) is 9.97 Å². The number of carbonyl (C=O) groups is 1. The van der Waals surface area contributed by atoms with Crippen LogP contribution in [0.4, 0.5) is 0 Å². The highest BCUT2D eigenvalue weighted by Gasteiger charge is 2.14. The van der Waals surface area contributed by atoms with Crippen molar-refractivity contribution in [2.24, 2.45) is 0 Å². The smallest absolute Gasteiger partial charge is 0.311 e. The van der Waals surface area contributed by atoms with Crippen LogP contribution in [0, 0.1) is 0 Å². The Hall–Kier alpha value is -2.08. The Morgan fingerprint density at radius 2 is 1.81 bits per heavy atom. The van der Waals surface area contributed by atoms with Crippen molar-refractivity contribution in [1.29, 1.82) is 0 Å². The fraction of sp³-hybridized carbons (Fsp3) is 0.357. The zero-order chi connectivity index (χ0) is 15.4. The summed E-state index contributed by atoms with van der Waals surface area (Å²) in [5, 5.41) is 9.60. The summed E-state index contributed by atoms with van der Waals surface area (Å²) >= 11 is 6.11. The molecule has 0 bridgehead atoms. The Labute approximate surface area is 126 Å². The molecule has 0 aliphatic heterocycles. The number of fused-ring (bicyclic) bond motifs is 1. The number of carboxylic acids is 1. The molecule has 2 aromatic rings. The molecular weight excluding hydrogens is 296 g/mol. The molecule has 2 rings (SSSR count). The fourth-order valence-corrected chi connectivity index (χ4v) is 2.14. The van der Waals surface area contributed by atoms with E-state index >= 15 is 0 Å². The van der Waals surface area contributed by atoms with Crippen LogP contribution in [-0.4, -0.2) is 34.3 Å². The molecule has 7 heteroatoms. The van der Waals surface area contributed by atoms with Crippen LogP contribution in [0.2, 0.25) is 5.15 Å². The van der Waals surface area contributed by atoms with Crippen molar-refractivity contribution in [1.82, 2.24) is 9.97 Å². The maximum atomic E-state index is 10.8. The molecule has 1 aromatic carbocycles. The van der Waals surface area contributed by atoms with Crippen molar-refractivity contribution in [3.8, 4) is 11.5 Å². The largest absolute Gasteiger partial charge is 0.490 e. The van der Waals surface area contributed by atoms with E-state index < -0.39 is 5.97 Å². The topological polar surface area (TPSA) is 81.5 Å². The van der Waals surface area contributed by atoms with Gasteiger partial charge in [-0.3, -0.25) is 4.79 Å². The van der Waals surface area contributed by atoms with Crippen LogP contribution < -0.4 is 9.47 Å². The second kappa shape index (κ2) is 6.58. The van der Waals surface area contributed by atoms with Gasteiger partial charge in [0.05, 0.1) is 18.7 Å². The Balaban J connectivity index is 2.57. The molecule has 0 amide bonds. The third-order valence-electron chi connectivity index (χ3n) is 2.67. The molecule has 0 aliphatic rings. The number of benzene rings is 1. The monoisotopic (exact) mass is 310 g/mol. The Morgan fingerprint density at radius 3 is 2.38 bits per heavy atom. The highest BCUT2D eigenvalue weighted by atomic mass is 35.5. The lowest BCUT2D eigenvalue weighted by Gasteiger charge is -2.12. The normalized spacial score (nSPS) is 10.6. The molecule has 0 saturated carbocycles. The first kappa shape index (κ1) is 15.3. The number of aliphatic carboxylic acids is 1. The number of aromatic nitrogens is 2. The molecule has 1 aromatic heterocycles. The molecule has 1 N–H and O–H groups in total. The fourth-order valence-electron chi connectivity index (χ4n) is 1.90. The summed E-state index contributed by atoms with van der Waals surface area (Å²) in [5.74, 6) is 0.249. The molecule has 0 saturated heterocycles. The van der Waals surface area contributed by atoms with E-state index in [9.17, 15) is 4.79 Å². The molecule has 6 nitrogen and oxygen atoms in total. The standard InChI is InChI=1S/C14H15ClN2O4/c1-3-20-10-5-8-9(6-11(10)21-4-2)16-12(7-13(18)19)17-14(8)15/h5-6H,3-4,7H2,1-2H3,(H,18,19). The highest BCUT2D eigenvalue weighted by molar-refractivity contribution is 6.34. The van der Waals surface area contributed by atoms with Gasteiger partial charge in [0.25, 0.3) is 0 Å². The van der Waals surface area contributed by atoms with Crippen LogP contribution >= 0.6 is 11.6 Å². The number of nitrogens with zero attached hydrogens (tertiary/aromatic N) is 2. The zero-order valence-electron chi connectivity index (χ0n) is 11.7. The molecule has 0 unspecified atom stereocenters. The van der Waals surface area contributed by atoms with E-state index in [0.717, 1.165) is 0 Å². The lowest BCUT2D eigenvalue weighted by molar-refractivity contribution is -0.136. The minimum absolute atomic E-state index is 0.159. The van der Waals surface area contributed by atoms with Gasteiger partial charge in [-0.05, 0) is 19.9 Å². The summed E-state index contributed by atoms with van der Waals surface area (Å²) in [5.41, 5.74) is 0.526. The van der Waals surface area contributed by atoms with E-state index in [0.29, 0.717) is 35.6 Å². The lowest BCUT2D eigenvalue weighted by atomic mass is 10.2. The second-order valence-electron chi connectivity index (χ2n) is 4.18. The van der Waals surface area contributed by atoms with Gasteiger partial charge >= 0.3 is 5.97 Å². The van der Waals surface area contributed by atoms with Crippen LogP contribution in [-0.2, 0) is 11.2 Å². The van der Waals surface area contributed by atoms with E-state index in [1.54, 1.807) is 12.1 Å². The molecule has 0 atom stereocenters. The Bertz CT molecular complexity index is 676. The van der Waals surface area contributed by atoms with Gasteiger partial charge in [0.1, 0.15) is 17.4 Å². The van der Waals surface area contributed by atoms with Crippen LogP contribution in [0.1, 0.15) is 19.7 Å². The number of carboxylic acid groups (broad SMARTS) is 1. The molecule has 0 fully saturated rings. The third kappa shape index (κ3) is 3.52. The average molecular weight is 311 g/mol. The summed E-state index contributed by atoms with van der Waals surface area (Å²) in [6.07, 6.45) is -0.285. The maximum absolute atomic E-state index is 10.8. The summed E-state index contributed by atoms with van der Waals surface area (Å²) in [6, 6.07) is 3.39. The molecule has 21 heavy (non-hydrogen) atoms. The van der Waals surface area contributed by atoms with Gasteiger partial charge in [-0.15, -0.1) is 0 Å². The summed E-state index contributed by atoms with van der Waals surface area (Å²) in [7, 11) is 0. The molecule has 112 valence electrons. The number of halogens is 1. The van der Waals surface area contributed by atoms with Crippen LogP contribution in [0.15, 0.2) is 12.1 Å². The average Bonchev–Trinajstić information content (AvgIpc) is 2.40. The highest BCUT2D eigenvalue weighted by Crippen LogP contribution is 2.34. The van der Waals surface area contributed by atoms with Gasteiger partial charge < -0.3 is 14.6 Å². The molecular formula is C14H15ClN2O4. The molecule has 1 heterocycles. The van der Waals surface area contributed by atoms with E-state index in [-0.39, 0.29) is 17.4 Å². The molecule has 0 aliphatic carbocycles. The Morgan fingerprint density at radius 1 is 1.19 bits per heavy atom.